The van der Waals surface area contributed by atoms with Gasteiger partial charge < -0.3 is 5.11 Å². The van der Waals surface area contributed by atoms with Crippen LogP contribution in [0.1, 0.15) is 16.5 Å². The number of halogens is 2. The Morgan fingerprint density at radius 1 is 1.20 bits per heavy atom. The molecule has 0 bridgehead atoms. The van der Waals surface area contributed by atoms with Crippen LogP contribution >= 0.6 is 34.5 Å². The minimum absolute atomic E-state index is 0.412. The molecule has 0 aromatic carbocycles. The molecule has 2 rings (SSSR count). The zero-order valence-electron chi connectivity index (χ0n) is 7.52. The van der Waals surface area contributed by atoms with Gasteiger partial charge in [-0.15, -0.1) is 11.3 Å². The summed E-state index contributed by atoms with van der Waals surface area (Å²) in [6, 6.07) is 6.95. The van der Waals surface area contributed by atoms with Gasteiger partial charge in [0.05, 0.1) is 4.34 Å². The Morgan fingerprint density at radius 2 is 2.00 bits per heavy atom. The highest BCUT2D eigenvalue weighted by atomic mass is 35.5. The highest BCUT2D eigenvalue weighted by molar-refractivity contribution is 7.16. The highest BCUT2D eigenvalue weighted by Gasteiger charge is 2.12. The molecule has 5 heteroatoms. The second-order valence-electron chi connectivity index (χ2n) is 2.96. The fraction of sp³-hybridized carbons (Fsp3) is 0.100. The molecule has 0 spiro atoms. The smallest absolute Gasteiger partial charge is 0.129 e. The zero-order chi connectivity index (χ0) is 10.8. The Labute approximate surface area is 101 Å². The van der Waals surface area contributed by atoms with E-state index >= 15 is 0 Å². The van der Waals surface area contributed by atoms with Crippen molar-refractivity contribution < 1.29 is 5.11 Å². The van der Waals surface area contributed by atoms with Gasteiger partial charge >= 0.3 is 0 Å². The SMILES string of the molecule is OC(c1ccc(Cl)nc1)c1ccc(Cl)s1. The molecule has 0 fully saturated rings. The van der Waals surface area contributed by atoms with Crippen LogP contribution in [0.15, 0.2) is 30.5 Å². The lowest BCUT2D eigenvalue weighted by molar-refractivity contribution is 0.224. The van der Waals surface area contributed by atoms with E-state index in [1.54, 1.807) is 30.5 Å². The summed E-state index contributed by atoms with van der Waals surface area (Å²) >= 11 is 12.8. The van der Waals surface area contributed by atoms with Crippen LogP contribution in [0.3, 0.4) is 0 Å². The van der Waals surface area contributed by atoms with Crippen LogP contribution in [-0.4, -0.2) is 10.1 Å². The van der Waals surface area contributed by atoms with Crippen molar-refractivity contribution in [3.8, 4) is 0 Å². The molecule has 0 saturated heterocycles. The number of rotatable bonds is 2. The summed E-state index contributed by atoms with van der Waals surface area (Å²) in [4.78, 5) is 4.71. The molecule has 0 saturated carbocycles. The number of aliphatic hydroxyl groups is 1. The summed E-state index contributed by atoms with van der Waals surface area (Å²) in [5.74, 6) is 0. The number of thiophene rings is 1. The molecule has 2 aromatic heterocycles. The second kappa shape index (κ2) is 4.49. The van der Waals surface area contributed by atoms with Crippen LogP contribution in [-0.2, 0) is 0 Å². The average Bonchev–Trinajstić information content (AvgIpc) is 2.65. The first-order valence-corrected chi connectivity index (χ1v) is 5.79. The van der Waals surface area contributed by atoms with Crippen LogP contribution in [0.5, 0.6) is 0 Å². The molecule has 2 aromatic rings. The van der Waals surface area contributed by atoms with E-state index in [0.29, 0.717) is 15.1 Å². The third-order valence-corrected chi connectivity index (χ3v) is 3.44. The lowest BCUT2D eigenvalue weighted by Gasteiger charge is -2.07. The number of aliphatic hydroxyl groups excluding tert-OH is 1. The summed E-state index contributed by atoms with van der Waals surface area (Å²) in [6.07, 6.45) is 0.868. The third-order valence-electron chi connectivity index (χ3n) is 1.93. The van der Waals surface area contributed by atoms with Crippen molar-refractivity contribution in [2.24, 2.45) is 0 Å². The first-order valence-electron chi connectivity index (χ1n) is 4.21. The molecule has 2 heterocycles. The minimum atomic E-state index is -0.688. The van der Waals surface area contributed by atoms with E-state index in [4.69, 9.17) is 23.2 Å². The van der Waals surface area contributed by atoms with E-state index in [9.17, 15) is 5.11 Å². The van der Waals surface area contributed by atoms with Gasteiger partial charge in [0.25, 0.3) is 0 Å². The van der Waals surface area contributed by atoms with Gasteiger partial charge in [0, 0.05) is 16.6 Å². The van der Waals surface area contributed by atoms with Crippen molar-refractivity contribution in [2.75, 3.05) is 0 Å². The number of hydrogen-bond donors (Lipinski definition) is 1. The van der Waals surface area contributed by atoms with Gasteiger partial charge in [-0.3, -0.25) is 0 Å². The average molecular weight is 260 g/mol. The van der Waals surface area contributed by atoms with Gasteiger partial charge in [-0.05, 0) is 18.2 Å². The molecule has 78 valence electrons. The normalized spacial score (nSPS) is 12.7. The summed E-state index contributed by atoms with van der Waals surface area (Å²) in [6.45, 7) is 0. The fourth-order valence-electron chi connectivity index (χ4n) is 1.19. The zero-order valence-corrected chi connectivity index (χ0v) is 9.85. The Hall–Kier alpha value is -0.610. The Bertz CT molecular complexity index is 455. The van der Waals surface area contributed by atoms with Gasteiger partial charge in [0.1, 0.15) is 11.3 Å². The highest BCUT2D eigenvalue weighted by Crippen LogP contribution is 2.30. The summed E-state index contributed by atoms with van der Waals surface area (Å²) < 4.78 is 0.658. The first kappa shape index (κ1) is 10.9. The molecule has 1 unspecified atom stereocenters. The third kappa shape index (κ3) is 2.49. The molecular formula is C10H7Cl2NOS. The number of hydrogen-bond acceptors (Lipinski definition) is 3. The van der Waals surface area contributed by atoms with Gasteiger partial charge in [0.15, 0.2) is 0 Å². The minimum Gasteiger partial charge on any atom is -0.383 e. The van der Waals surface area contributed by atoms with Crippen molar-refractivity contribution >= 4 is 34.5 Å². The van der Waals surface area contributed by atoms with Crippen molar-refractivity contribution in [1.82, 2.24) is 4.98 Å². The fourth-order valence-corrected chi connectivity index (χ4v) is 2.38. The van der Waals surface area contributed by atoms with Crippen molar-refractivity contribution in [3.05, 3.63) is 50.4 Å². The standard InChI is InChI=1S/C10H7Cl2NOS/c11-8-3-1-6(5-13-8)10(14)7-2-4-9(12)15-7/h1-5,10,14H. The maximum Gasteiger partial charge on any atom is 0.129 e. The van der Waals surface area contributed by atoms with E-state index in [-0.39, 0.29) is 0 Å². The largest absolute Gasteiger partial charge is 0.383 e. The quantitative estimate of drug-likeness (QED) is 0.838. The van der Waals surface area contributed by atoms with E-state index in [1.807, 2.05) is 0 Å². The number of aromatic nitrogens is 1. The van der Waals surface area contributed by atoms with Crippen LogP contribution < -0.4 is 0 Å². The molecule has 0 aliphatic heterocycles. The topological polar surface area (TPSA) is 33.1 Å². The lowest BCUT2D eigenvalue weighted by atomic mass is 10.1. The molecule has 2 nitrogen and oxygen atoms in total. The predicted octanol–water partition coefficient (Wildman–Crippen LogP) is 3.53. The van der Waals surface area contributed by atoms with Gasteiger partial charge in [0.2, 0.25) is 0 Å². The summed E-state index contributed by atoms with van der Waals surface area (Å²) in [5, 5.41) is 10.4. The van der Waals surface area contributed by atoms with Gasteiger partial charge in [-0.2, -0.15) is 0 Å². The predicted molar refractivity (Wildman–Crippen MR) is 62.6 cm³/mol. The lowest BCUT2D eigenvalue weighted by Crippen LogP contribution is -1.97. The van der Waals surface area contributed by atoms with Gasteiger partial charge in [-0.25, -0.2) is 4.98 Å². The van der Waals surface area contributed by atoms with E-state index < -0.39 is 6.10 Å². The van der Waals surface area contributed by atoms with Crippen molar-refractivity contribution in [2.45, 2.75) is 6.10 Å². The van der Waals surface area contributed by atoms with Crippen molar-refractivity contribution in [1.29, 1.82) is 0 Å². The molecule has 15 heavy (non-hydrogen) atoms. The van der Waals surface area contributed by atoms with Gasteiger partial charge in [-0.1, -0.05) is 29.3 Å². The maximum absolute atomic E-state index is 9.96. The number of pyridine rings is 1. The van der Waals surface area contributed by atoms with Crippen LogP contribution in [0.4, 0.5) is 0 Å². The Kier molecular flexibility index (Phi) is 3.26. The molecule has 1 atom stereocenters. The molecule has 0 amide bonds. The first-order chi connectivity index (χ1) is 7.16. The molecule has 0 aliphatic carbocycles. The molecular weight excluding hydrogens is 253 g/mol. The Balaban J connectivity index is 2.28. The molecule has 1 N–H and O–H groups in total. The maximum atomic E-state index is 9.96. The molecule has 0 radical (unpaired) electrons. The summed E-state index contributed by atoms with van der Waals surface area (Å²) in [5.41, 5.74) is 0.706. The second-order valence-corrected chi connectivity index (χ2v) is 5.09. The van der Waals surface area contributed by atoms with Crippen LogP contribution in [0.2, 0.25) is 9.49 Å². The van der Waals surface area contributed by atoms with E-state index in [1.165, 1.54) is 11.3 Å². The molecule has 0 aliphatic rings. The van der Waals surface area contributed by atoms with Crippen LogP contribution in [0, 0.1) is 0 Å². The summed E-state index contributed by atoms with van der Waals surface area (Å²) in [7, 11) is 0. The van der Waals surface area contributed by atoms with Crippen molar-refractivity contribution in [3.63, 3.8) is 0 Å². The monoisotopic (exact) mass is 259 g/mol. The van der Waals surface area contributed by atoms with E-state index in [0.717, 1.165) is 4.88 Å². The van der Waals surface area contributed by atoms with Crippen LogP contribution in [0.25, 0.3) is 0 Å². The van der Waals surface area contributed by atoms with E-state index in [2.05, 4.69) is 4.98 Å². The number of nitrogens with zero attached hydrogens (tertiary/aromatic N) is 1. The Morgan fingerprint density at radius 3 is 2.53 bits per heavy atom.